The summed E-state index contributed by atoms with van der Waals surface area (Å²) in [5.74, 6) is 1.70. The van der Waals surface area contributed by atoms with Gasteiger partial charge in [0.1, 0.15) is 11.6 Å². The zero-order valence-electron chi connectivity index (χ0n) is 12.0. The van der Waals surface area contributed by atoms with E-state index in [9.17, 15) is 4.79 Å². The number of hydrogen-bond donors (Lipinski definition) is 0. The molecular weight excluding hydrogens is 296 g/mol. The number of para-hydroxylation sites is 1. The lowest BCUT2D eigenvalue weighted by atomic mass is 10.2. The van der Waals surface area contributed by atoms with Crippen LogP contribution in [0.2, 0.25) is 0 Å². The fourth-order valence-electron chi connectivity index (χ4n) is 2.76. The lowest BCUT2D eigenvalue weighted by Crippen LogP contribution is -2.32. The molecule has 5 heteroatoms. The van der Waals surface area contributed by atoms with Gasteiger partial charge >= 0.3 is 0 Å². The third-order valence-corrected chi connectivity index (χ3v) is 5.09. The number of benzene rings is 2. The number of fused-ring (bicyclic) bond motifs is 2. The summed E-state index contributed by atoms with van der Waals surface area (Å²) in [6.07, 6.45) is 0.490. The second-order valence-electron chi connectivity index (χ2n) is 5.18. The number of nitrogens with zero attached hydrogens (tertiary/aromatic N) is 2. The van der Waals surface area contributed by atoms with Gasteiger partial charge in [-0.25, -0.2) is 4.99 Å². The van der Waals surface area contributed by atoms with Gasteiger partial charge in [0, 0.05) is 11.3 Å². The maximum absolute atomic E-state index is 12.4. The molecule has 0 aliphatic carbocycles. The van der Waals surface area contributed by atoms with Gasteiger partial charge in [-0.2, -0.15) is 0 Å². The standard InChI is InChI=1S/C17H14N2O2S/c1-21-12-8-6-11(7-9-12)19-16(20)10-15-17(19)18-13-4-2-3-5-14(13)22-15/h2-9,15H,10H2,1H3. The summed E-state index contributed by atoms with van der Waals surface area (Å²) in [5, 5.41) is 0.101. The Kier molecular flexibility index (Phi) is 3.15. The number of hydrogen-bond acceptors (Lipinski definition) is 4. The lowest BCUT2D eigenvalue weighted by molar-refractivity contribution is -0.116. The molecule has 4 rings (SSSR count). The molecule has 2 aromatic rings. The van der Waals surface area contributed by atoms with Crippen LogP contribution >= 0.6 is 11.8 Å². The Morgan fingerprint density at radius 2 is 1.95 bits per heavy atom. The van der Waals surface area contributed by atoms with Gasteiger partial charge in [-0.1, -0.05) is 12.1 Å². The van der Waals surface area contributed by atoms with Crippen molar-refractivity contribution in [3.05, 3.63) is 48.5 Å². The van der Waals surface area contributed by atoms with Crippen LogP contribution in [0, 0.1) is 0 Å². The smallest absolute Gasteiger partial charge is 0.234 e. The first-order chi connectivity index (χ1) is 10.8. The van der Waals surface area contributed by atoms with Crippen molar-refractivity contribution >= 4 is 34.9 Å². The number of amidine groups is 1. The zero-order chi connectivity index (χ0) is 15.1. The number of amides is 1. The van der Waals surface area contributed by atoms with E-state index in [1.54, 1.807) is 23.8 Å². The summed E-state index contributed by atoms with van der Waals surface area (Å²) >= 11 is 1.72. The number of thioether (sulfide) groups is 1. The van der Waals surface area contributed by atoms with Crippen molar-refractivity contribution in [1.82, 2.24) is 0 Å². The third kappa shape index (κ3) is 2.09. The molecule has 0 aromatic heterocycles. The van der Waals surface area contributed by atoms with Crippen LogP contribution in [0.3, 0.4) is 0 Å². The van der Waals surface area contributed by atoms with Crippen molar-refractivity contribution < 1.29 is 9.53 Å². The highest BCUT2D eigenvalue weighted by Crippen LogP contribution is 2.43. The Bertz CT molecular complexity index is 770. The Labute approximate surface area is 132 Å². The van der Waals surface area contributed by atoms with Crippen molar-refractivity contribution in [2.24, 2.45) is 4.99 Å². The number of aliphatic imine (C=N–C) groups is 1. The maximum atomic E-state index is 12.4. The van der Waals surface area contributed by atoms with E-state index < -0.39 is 0 Å². The molecule has 2 heterocycles. The minimum Gasteiger partial charge on any atom is -0.497 e. The van der Waals surface area contributed by atoms with Gasteiger partial charge in [-0.15, -0.1) is 11.8 Å². The monoisotopic (exact) mass is 310 g/mol. The van der Waals surface area contributed by atoms with Crippen LogP contribution in [-0.4, -0.2) is 24.1 Å². The van der Waals surface area contributed by atoms with Crippen LogP contribution in [0.5, 0.6) is 5.75 Å². The summed E-state index contributed by atoms with van der Waals surface area (Å²) in [6.45, 7) is 0. The fourth-order valence-corrected chi connectivity index (χ4v) is 3.95. The Morgan fingerprint density at radius 1 is 1.18 bits per heavy atom. The van der Waals surface area contributed by atoms with Crippen molar-refractivity contribution in [2.75, 3.05) is 12.0 Å². The zero-order valence-corrected chi connectivity index (χ0v) is 12.8. The number of carbonyl (C=O) groups excluding carboxylic acids is 1. The van der Waals surface area contributed by atoms with Crippen molar-refractivity contribution in [1.29, 1.82) is 0 Å². The van der Waals surface area contributed by atoms with Gasteiger partial charge in [0.05, 0.1) is 23.7 Å². The van der Waals surface area contributed by atoms with E-state index in [4.69, 9.17) is 9.73 Å². The molecule has 0 bridgehead atoms. The van der Waals surface area contributed by atoms with Crippen LogP contribution < -0.4 is 9.64 Å². The van der Waals surface area contributed by atoms with Gasteiger partial charge in [0.25, 0.3) is 0 Å². The molecule has 110 valence electrons. The van der Waals surface area contributed by atoms with Gasteiger partial charge in [-0.3, -0.25) is 9.69 Å². The lowest BCUT2D eigenvalue weighted by Gasteiger charge is -2.23. The molecule has 1 unspecified atom stereocenters. The molecule has 1 fully saturated rings. The van der Waals surface area contributed by atoms with Crippen LogP contribution in [0.15, 0.2) is 58.4 Å². The Morgan fingerprint density at radius 3 is 2.73 bits per heavy atom. The van der Waals surface area contributed by atoms with Crippen LogP contribution in [0.1, 0.15) is 6.42 Å². The maximum Gasteiger partial charge on any atom is 0.234 e. The Balaban J connectivity index is 1.76. The van der Waals surface area contributed by atoms with Gasteiger partial charge < -0.3 is 4.74 Å². The summed E-state index contributed by atoms with van der Waals surface area (Å²) in [6, 6.07) is 15.5. The molecule has 22 heavy (non-hydrogen) atoms. The van der Waals surface area contributed by atoms with Crippen molar-refractivity contribution in [3.8, 4) is 5.75 Å². The minimum atomic E-state index is 0.0919. The normalized spacial score (nSPS) is 19.5. The fraction of sp³-hybridized carbons (Fsp3) is 0.176. The molecule has 2 aromatic carbocycles. The summed E-state index contributed by atoms with van der Waals surface area (Å²) in [5.41, 5.74) is 1.78. The average molecular weight is 310 g/mol. The first-order valence-electron chi connectivity index (χ1n) is 7.07. The molecule has 1 atom stereocenters. The second kappa shape index (κ2) is 5.18. The number of carbonyl (C=O) groups is 1. The van der Waals surface area contributed by atoms with E-state index in [1.807, 2.05) is 42.5 Å². The highest BCUT2D eigenvalue weighted by Gasteiger charge is 2.40. The van der Waals surface area contributed by atoms with Gasteiger partial charge in [0.15, 0.2) is 0 Å². The highest BCUT2D eigenvalue weighted by atomic mass is 32.2. The molecule has 2 aliphatic heterocycles. The largest absolute Gasteiger partial charge is 0.497 e. The number of rotatable bonds is 2. The summed E-state index contributed by atoms with van der Waals surface area (Å²) in [4.78, 5) is 20.0. The van der Waals surface area contributed by atoms with Crippen LogP contribution in [-0.2, 0) is 4.79 Å². The van der Waals surface area contributed by atoms with E-state index in [0.717, 1.165) is 27.9 Å². The number of ether oxygens (including phenoxy) is 1. The molecule has 0 radical (unpaired) electrons. The molecule has 0 saturated carbocycles. The van der Waals surface area contributed by atoms with E-state index in [0.29, 0.717) is 6.42 Å². The average Bonchev–Trinajstić information content (AvgIpc) is 2.87. The van der Waals surface area contributed by atoms with Crippen molar-refractivity contribution in [2.45, 2.75) is 16.6 Å². The third-order valence-electron chi connectivity index (χ3n) is 3.83. The van der Waals surface area contributed by atoms with Crippen LogP contribution in [0.4, 0.5) is 11.4 Å². The van der Waals surface area contributed by atoms with Gasteiger partial charge in [-0.05, 0) is 36.4 Å². The predicted molar refractivity (Wildman–Crippen MR) is 88.3 cm³/mol. The summed E-state index contributed by atoms with van der Waals surface area (Å²) < 4.78 is 5.17. The topological polar surface area (TPSA) is 41.9 Å². The van der Waals surface area contributed by atoms with Crippen molar-refractivity contribution in [3.63, 3.8) is 0 Å². The minimum absolute atomic E-state index is 0.0919. The SMILES string of the molecule is COc1ccc(N2C(=O)CC3Sc4ccccc4N=C32)cc1. The molecule has 4 nitrogen and oxygen atoms in total. The molecule has 2 aliphatic rings. The van der Waals surface area contributed by atoms with E-state index in [2.05, 4.69) is 6.07 Å². The molecule has 1 amide bonds. The molecular formula is C17H14N2O2S. The number of anilines is 1. The van der Waals surface area contributed by atoms with E-state index in [-0.39, 0.29) is 11.2 Å². The second-order valence-corrected chi connectivity index (χ2v) is 6.42. The summed E-state index contributed by atoms with van der Waals surface area (Å²) in [7, 11) is 1.63. The number of methoxy groups -OCH3 is 1. The molecule has 1 saturated heterocycles. The molecule has 0 N–H and O–H groups in total. The van der Waals surface area contributed by atoms with Gasteiger partial charge in [0.2, 0.25) is 5.91 Å². The van der Waals surface area contributed by atoms with Crippen LogP contribution in [0.25, 0.3) is 0 Å². The molecule has 0 spiro atoms. The predicted octanol–water partition coefficient (Wildman–Crippen LogP) is 3.64. The first-order valence-corrected chi connectivity index (χ1v) is 7.95. The highest BCUT2D eigenvalue weighted by molar-refractivity contribution is 8.01. The van der Waals surface area contributed by atoms with E-state index >= 15 is 0 Å². The Hall–Kier alpha value is -2.27. The quantitative estimate of drug-likeness (QED) is 0.850. The first kappa shape index (κ1) is 13.4. The van der Waals surface area contributed by atoms with E-state index in [1.165, 1.54) is 0 Å².